The number of halogens is 1. The molecule has 1 aliphatic rings. The van der Waals surface area contributed by atoms with Crippen LogP contribution >= 0.6 is 11.3 Å². The second-order valence-corrected chi connectivity index (χ2v) is 9.51. The number of hydrogen-bond acceptors (Lipinski definition) is 8. The molecule has 7 nitrogen and oxygen atoms in total. The number of rotatable bonds is 5. The Morgan fingerprint density at radius 3 is 2.55 bits per heavy atom. The minimum Gasteiger partial charge on any atom is -0.469 e. The topological polar surface area (TPSA) is 95.4 Å². The molecule has 1 aliphatic heterocycles. The van der Waals surface area contributed by atoms with Crippen molar-refractivity contribution in [2.24, 2.45) is 0 Å². The highest BCUT2D eigenvalue weighted by Gasteiger charge is 2.31. The van der Waals surface area contributed by atoms with Crippen LogP contribution in [0.15, 0.2) is 36.4 Å². The normalized spacial score (nSPS) is 14.4. The van der Waals surface area contributed by atoms with Gasteiger partial charge in [-0.1, -0.05) is 12.1 Å². The number of benzene rings is 1. The lowest BCUT2D eigenvalue weighted by atomic mass is 10.1. The van der Waals surface area contributed by atoms with Gasteiger partial charge in [-0.25, -0.2) is 13.4 Å². The Labute approximate surface area is 170 Å². The smallest absolute Gasteiger partial charge is 0.309 e. The number of sulfone groups is 1. The SMILES string of the molecule is COC(=O)Cc1ccc(Oc2nc(-c3ccc(F)s3)nc3c2CS(=O)(=O)C3)cc1. The first kappa shape index (κ1) is 19.5. The van der Waals surface area contributed by atoms with Crippen molar-refractivity contribution in [2.45, 2.75) is 17.9 Å². The lowest BCUT2D eigenvalue weighted by Crippen LogP contribution is -2.04. The molecule has 0 unspecified atom stereocenters. The van der Waals surface area contributed by atoms with E-state index in [1.54, 1.807) is 24.3 Å². The van der Waals surface area contributed by atoms with E-state index in [1.165, 1.54) is 19.2 Å². The highest BCUT2D eigenvalue weighted by molar-refractivity contribution is 7.90. The predicted octanol–water partition coefficient (Wildman–Crippen LogP) is 3.28. The minimum atomic E-state index is -3.34. The number of nitrogens with zero attached hydrogens (tertiary/aromatic N) is 2. The molecule has 0 spiro atoms. The summed E-state index contributed by atoms with van der Waals surface area (Å²) in [7, 11) is -2.02. The molecule has 2 aromatic heterocycles. The van der Waals surface area contributed by atoms with Crippen LogP contribution in [0.1, 0.15) is 16.8 Å². The van der Waals surface area contributed by atoms with Crippen LogP contribution < -0.4 is 4.74 Å². The number of aromatic nitrogens is 2. The lowest BCUT2D eigenvalue weighted by Gasteiger charge is -2.10. The number of methoxy groups -OCH3 is 1. The van der Waals surface area contributed by atoms with E-state index in [-0.39, 0.29) is 40.7 Å². The third-order valence-corrected chi connectivity index (χ3v) is 6.59. The van der Waals surface area contributed by atoms with Crippen molar-refractivity contribution in [1.82, 2.24) is 9.97 Å². The van der Waals surface area contributed by atoms with Gasteiger partial charge in [-0.15, -0.1) is 11.3 Å². The second-order valence-electron chi connectivity index (χ2n) is 6.41. The van der Waals surface area contributed by atoms with Gasteiger partial charge in [-0.3, -0.25) is 4.79 Å². The van der Waals surface area contributed by atoms with E-state index in [9.17, 15) is 17.6 Å². The van der Waals surface area contributed by atoms with Crippen molar-refractivity contribution in [2.75, 3.05) is 7.11 Å². The summed E-state index contributed by atoms with van der Waals surface area (Å²) >= 11 is 0.870. The molecule has 1 aromatic carbocycles. The van der Waals surface area contributed by atoms with Crippen LogP contribution in [0.4, 0.5) is 4.39 Å². The van der Waals surface area contributed by atoms with Crippen molar-refractivity contribution >= 4 is 27.1 Å². The zero-order valence-electron chi connectivity index (χ0n) is 15.2. The molecule has 4 rings (SSSR count). The summed E-state index contributed by atoms with van der Waals surface area (Å²) in [6, 6.07) is 9.56. The standard InChI is InChI=1S/C19H15FN2O5S2/c1-26-17(23)8-11-2-4-12(5-3-11)27-19-13-9-29(24,25)10-14(13)21-18(22-19)15-6-7-16(20)28-15/h2-7H,8-10H2,1H3. The highest BCUT2D eigenvalue weighted by Crippen LogP contribution is 2.36. The van der Waals surface area contributed by atoms with Crippen LogP contribution in [0.3, 0.4) is 0 Å². The third kappa shape index (κ3) is 4.28. The van der Waals surface area contributed by atoms with Gasteiger partial charge in [0.1, 0.15) is 5.75 Å². The molecule has 150 valence electrons. The molecule has 29 heavy (non-hydrogen) atoms. The average molecular weight is 434 g/mol. The maximum atomic E-state index is 13.4. The third-order valence-electron chi connectivity index (χ3n) is 4.28. The molecular weight excluding hydrogens is 419 g/mol. The van der Waals surface area contributed by atoms with Gasteiger partial charge >= 0.3 is 5.97 Å². The Morgan fingerprint density at radius 1 is 1.14 bits per heavy atom. The number of thiophene rings is 1. The van der Waals surface area contributed by atoms with Crippen LogP contribution in [0.5, 0.6) is 11.6 Å². The van der Waals surface area contributed by atoms with Crippen LogP contribution in [-0.2, 0) is 37.3 Å². The molecule has 0 bridgehead atoms. The molecular formula is C19H15FN2O5S2. The van der Waals surface area contributed by atoms with Crippen molar-refractivity contribution < 1.29 is 27.1 Å². The summed E-state index contributed by atoms with van der Waals surface area (Å²) in [4.78, 5) is 20.5. The van der Waals surface area contributed by atoms with Gasteiger partial charge in [0.2, 0.25) is 5.88 Å². The zero-order valence-corrected chi connectivity index (χ0v) is 16.8. The van der Waals surface area contributed by atoms with Gasteiger partial charge in [0, 0.05) is 0 Å². The van der Waals surface area contributed by atoms with Gasteiger partial charge in [-0.2, -0.15) is 9.37 Å². The molecule has 0 atom stereocenters. The number of ether oxygens (including phenoxy) is 2. The summed E-state index contributed by atoms with van der Waals surface area (Å²) in [5, 5.41) is -0.389. The number of hydrogen-bond donors (Lipinski definition) is 0. The van der Waals surface area contributed by atoms with E-state index < -0.39 is 9.84 Å². The Kier molecular flexibility index (Phi) is 5.05. The van der Waals surface area contributed by atoms with E-state index >= 15 is 0 Å². The number of carbonyl (C=O) groups excluding carboxylic acids is 1. The zero-order chi connectivity index (χ0) is 20.6. The molecule has 0 radical (unpaired) electrons. The van der Waals surface area contributed by atoms with Gasteiger partial charge in [0.15, 0.2) is 20.8 Å². The molecule has 0 saturated carbocycles. The Morgan fingerprint density at radius 2 is 1.90 bits per heavy atom. The van der Waals surface area contributed by atoms with Crippen LogP contribution in [0.2, 0.25) is 0 Å². The van der Waals surface area contributed by atoms with Crippen molar-refractivity contribution in [3.63, 3.8) is 0 Å². The average Bonchev–Trinajstić information content (AvgIpc) is 3.24. The van der Waals surface area contributed by atoms with Gasteiger partial charge in [0.25, 0.3) is 0 Å². The summed E-state index contributed by atoms with van der Waals surface area (Å²) in [5.74, 6) is -0.0118. The van der Waals surface area contributed by atoms with Gasteiger partial charge in [-0.05, 0) is 29.8 Å². The maximum absolute atomic E-state index is 13.4. The first-order valence-corrected chi connectivity index (χ1v) is 11.2. The van der Waals surface area contributed by atoms with Crippen LogP contribution in [-0.4, -0.2) is 31.5 Å². The number of fused-ring (bicyclic) bond motifs is 1. The molecule has 0 fully saturated rings. The Hall–Kier alpha value is -2.85. The lowest BCUT2D eigenvalue weighted by molar-refractivity contribution is -0.139. The highest BCUT2D eigenvalue weighted by atomic mass is 32.2. The predicted molar refractivity (Wildman–Crippen MR) is 104 cm³/mol. The molecule has 0 N–H and O–H groups in total. The quantitative estimate of drug-likeness (QED) is 0.569. The Bertz CT molecular complexity index is 1190. The Balaban J connectivity index is 1.68. The number of carbonyl (C=O) groups is 1. The monoisotopic (exact) mass is 434 g/mol. The van der Waals surface area contributed by atoms with Crippen molar-refractivity contribution in [3.05, 3.63) is 58.3 Å². The summed E-state index contributed by atoms with van der Waals surface area (Å²) in [6.07, 6.45) is 0.131. The van der Waals surface area contributed by atoms with Crippen molar-refractivity contribution in [3.8, 4) is 22.3 Å². The molecule has 10 heteroatoms. The van der Waals surface area contributed by atoms with Crippen molar-refractivity contribution in [1.29, 1.82) is 0 Å². The first-order valence-electron chi connectivity index (χ1n) is 8.52. The molecule has 3 heterocycles. The van der Waals surface area contributed by atoms with E-state index in [1.807, 2.05) is 0 Å². The van der Waals surface area contributed by atoms with Gasteiger partial charge in [0.05, 0.1) is 41.2 Å². The molecule has 3 aromatic rings. The van der Waals surface area contributed by atoms with Crippen LogP contribution in [0, 0.1) is 5.13 Å². The molecule has 0 amide bonds. The van der Waals surface area contributed by atoms with E-state index in [0.717, 1.165) is 16.9 Å². The summed E-state index contributed by atoms with van der Waals surface area (Å²) in [6.45, 7) is 0. The van der Waals surface area contributed by atoms with E-state index in [0.29, 0.717) is 21.9 Å². The largest absolute Gasteiger partial charge is 0.469 e. The summed E-state index contributed by atoms with van der Waals surface area (Å²) < 4.78 is 48.1. The first-order chi connectivity index (χ1) is 13.8. The molecule has 0 saturated heterocycles. The fourth-order valence-corrected chi connectivity index (χ4v) is 5.06. The maximum Gasteiger partial charge on any atom is 0.309 e. The second kappa shape index (κ2) is 7.53. The minimum absolute atomic E-state index is 0.126. The fourth-order valence-electron chi connectivity index (χ4n) is 2.91. The number of esters is 1. The fraction of sp³-hybridized carbons (Fsp3) is 0.211. The summed E-state index contributed by atoms with van der Waals surface area (Å²) in [5.41, 5.74) is 1.51. The molecule has 0 aliphatic carbocycles. The van der Waals surface area contributed by atoms with E-state index in [4.69, 9.17) is 4.74 Å². The van der Waals surface area contributed by atoms with Crippen LogP contribution in [0.25, 0.3) is 10.7 Å². The van der Waals surface area contributed by atoms with E-state index in [2.05, 4.69) is 14.7 Å². The van der Waals surface area contributed by atoms with Gasteiger partial charge < -0.3 is 9.47 Å².